The Morgan fingerprint density at radius 2 is 1.83 bits per heavy atom. The molecule has 1 aromatic rings. The van der Waals surface area contributed by atoms with Gasteiger partial charge in [0.15, 0.2) is 0 Å². The van der Waals surface area contributed by atoms with Crippen molar-refractivity contribution in [3.05, 3.63) is 23.3 Å². The summed E-state index contributed by atoms with van der Waals surface area (Å²) in [6.45, 7) is 3.76. The van der Waals surface area contributed by atoms with Gasteiger partial charge in [0.1, 0.15) is 0 Å². The van der Waals surface area contributed by atoms with E-state index >= 15 is 0 Å². The SMILES string of the molecule is Cc1cc(S(=O)(=O)N(C)C)cc(NC(=O)CCC2CCCC2)c1C. The maximum atomic E-state index is 12.3. The van der Waals surface area contributed by atoms with Crippen molar-refractivity contribution in [2.45, 2.75) is 57.3 Å². The molecule has 0 unspecified atom stereocenters. The molecule has 6 heteroatoms. The number of rotatable bonds is 6. The molecule has 1 saturated carbocycles. The van der Waals surface area contributed by atoms with Gasteiger partial charge in [0.05, 0.1) is 4.90 Å². The van der Waals surface area contributed by atoms with Crippen molar-refractivity contribution in [1.29, 1.82) is 0 Å². The zero-order valence-corrected chi connectivity index (χ0v) is 15.9. The maximum Gasteiger partial charge on any atom is 0.242 e. The molecule has 1 fully saturated rings. The first-order valence-corrected chi connectivity index (χ1v) is 9.99. The van der Waals surface area contributed by atoms with Gasteiger partial charge in [-0.2, -0.15) is 0 Å². The molecule has 134 valence electrons. The van der Waals surface area contributed by atoms with Crippen LogP contribution in [0.2, 0.25) is 0 Å². The van der Waals surface area contributed by atoms with Crippen LogP contribution in [0.4, 0.5) is 5.69 Å². The second-order valence-corrected chi connectivity index (χ2v) is 9.09. The van der Waals surface area contributed by atoms with Crippen LogP contribution >= 0.6 is 0 Å². The van der Waals surface area contributed by atoms with Gasteiger partial charge in [0.25, 0.3) is 0 Å². The smallest absolute Gasteiger partial charge is 0.242 e. The molecule has 0 bridgehead atoms. The molecule has 0 aliphatic heterocycles. The van der Waals surface area contributed by atoms with Gasteiger partial charge < -0.3 is 5.32 Å². The Morgan fingerprint density at radius 3 is 2.42 bits per heavy atom. The highest BCUT2D eigenvalue weighted by molar-refractivity contribution is 7.89. The molecule has 0 heterocycles. The first-order chi connectivity index (χ1) is 11.2. The van der Waals surface area contributed by atoms with E-state index in [0.717, 1.165) is 17.5 Å². The van der Waals surface area contributed by atoms with Gasteiger partial charge in [-0.15, -0.1) is 0 Å². The normalized spacial score (nSPS) is 15.9. The van der Waals surface area contributed by atoms with Crippen molar-refractivity contribution in [3.8, 4) is 0 Å². The summed E-state index contributed by atoms with van der Waals surface area (Å²) in [5.74, 6) is 0.628. The fourth-order valence-corrected chi connectivity index (χ4v) is 4.18. The summed E-state index contributed by atoms with van der Waals surface area (Å²) in [5.41, 5.74) is 2.35. The van der Waals surface area contributed by atoms with Crippen LogP contribution in [-0.4, -0.2) is 32.7 Å². The number of carbonyl (C=O) groups is 1. The van der Waals surface area contributed by atoms with Gasteiger partial charge in [-0.3, -0.25) is 4.79 Å². The minimum atomic E-state index is -3.52. The highest BCUT2D eigenvalue weighted by Crippen LogP contribution is 2.29. The van der Waals surface area contributed by atoms with Crippen LogP contribution in [0.1, 0.15) is 49.7 Å². The predicted octanol–water partition coefficient (Wildman–Crippen LogP) is 3.46. The molecule has 2 rings (SSSR count). The molecule has 1 aliphatic carbocycles. The lowest BCUT2D eigenvalue weighted by Gasteiger charge is -2.17. The molecular formula is C18H28N2O3S. The second-order valence-electron chi connectivity index (χ2n) is 6.94. The molecule has 1 aliphatic rings. The number of benzene rings is 1. The van der Waals surface area contributed by atoms with E-state index in [1.165, 1.54) is 44.1 Å². The number of nitrogens with zero attached hydrogens (tertiary/aromatic N) is 1. The number of amides is 1. The van der Waals surface area contributed by atoms with E-state index in [2.05, 4.69) is 5.32 Å². The first-order valence-electron chi connectivity index (χ1n) is 8.55. The maximum absolute atomic E-state index is 12.3. The summed E-state index contributed by atoms with van der Waals surface area (Å²) < 4.78 is 25.9. The Morgan fingerprint density at radius 1 is 1.21 bits per heavy atom. The standard InChI is InChI=1S/C18H28N2O3S/c1-13-11-16(24(22,23)20(3)4)12-17(14(13)2)19-18(21)10-9-15-7-5-6-8-15/h11-12,15H,5-10H2,1-4H3,(H,19,21). The van der Waals surface area contributed by atoms with Gasteiger partial charge in [-0.25, -0.2) is 12.7 Å². The molecule has 0 saturated heterocycles. The minimum absolute atomic E-state index is 0.0381. The molecule has 0 radical (unpaired) electrons. The molecule has 0 spiro atoms. The number of sulfonamides is 1. The molecule has 24 heavy (non-hydrogen) atoms. The van der Waals surface area contributed by atoms with E-state index in [-0.39, 0.29) is 10.8 Å². The average molecular weight is 353 g/mol. The third kappa shape index (κ3) is 4.36. The lowest BCUT2D eigenvalue weighted by molar-refractivity contribution is -0.116. The van der Waals surface area contributed by atoms with Crippen LogP contribution in [0.25, 0.3) is 0 Å². The van der Waals surface area contributed by atoms with Crippen LogP contribution in [0.15, 0.2) is 17.0 Å². The summed E-state index contributed by atoms with van der Waals surface area (Å²) >= 11 is 0. The lowest BCUT2D eigenvalue weighted by atomic mass is 10.0. The van der Waals surface area contributed by atoms with E-state index in [1.807, 2.05) is 13.8 Å². The second kappa shape index (κ2) is 7.66. The largest absolute Gasteiger partial charge is 0.326 e. The monoisotopic (exact) mass is 352 g/mol. The summed E-state index contributed by atoms with van der Waals surface area (Å²) in [6.07, 6.45) is 6.40. The molecule has 1 amide bonds. The lowest BCUT2D eigenvalue weighted by Crippen LogP contribution is -2.23. The van der Waals surface area contributed by atoms with E-state index in [4.69, 9.17) is 0 Å². The molecule has 0 aromatic heterocycles. The summed E-state index contributed by atoms with van der Waals surface area (Å²) in [5, 5.41) is 2.90. The van der Waals surface area contributed by atoms with Gasteiger partial charge in [-0.1, -0.05) is 25.7 Å². The minimum Gasteiger partial charge on any atom is -0.326 e. The van der Waals surface area contributed by atoms with Crippen LogP contribution in [0.3, 0.4) is 0 Å². The summed E-state index contributed by atoms with van der Waals surface area (Å²) in [7, 11) is -0.509. The number of anilines is 1. The fourth-order valence-electron chi connectivity index (χ4n) is 3.16. The Hall–Kier alpha value is -1.40. The zero-order valence-electron chi connectivity index (χ0n) is 15.1. The number of hydrogen-bond donors (Lipinski definition) is 1. The molecule has 1 aromatic carbocycles. The van der Waals surface area contributed by atoms with Crippen molar-refractivity contribution in [2.24, 2.45) is 5.92 Å². The van der Waals surface area contributed by atoms with E-state index in [9.17, 15) is 13.2 Å². The molecular weight excluding hydrogens is 324 g/mol. The molecule has 0 atom stereocenters. The van der Waals surface area contributed by atoms with Crippen LogP contribution in [0, 0.1) is 19.8 Å². The number of nitrogens with one attached hydrogen (secondary N) is 1. The highest BCUT2D eigenvalue weighted by Gasteiger charge is 2.21. The van der Waals surface area contributed by atoms with Crippen LogP contribution in [-0.2, 0) is 14.8 Å². The third-order valence-electron chi connectivity index (χ3n) is 4.95. The van der Waals surface area contributed by atoms with Crippen LogP contribution < -0.4 is 5.32 Å². The van der Waals surface area contributed by atoms with Crippen molar-refractivity contribution < 1.29 is 13.2 Å². The Balaban J connectivity index is 2.14. The Labute approximate surface area is 145 Å². The number of hydrogen-bond acceptors (Lipinski definition) is 3. The highest BCUT2D eigenvalue weighted by atomic mass is 32.2. The van der Waals surface area contributed by atoms with Gasteiger partial charge in [-0.05, 0) is 49.4 Å². The third-order valence-corrected chi connectivity index (χ3v) is 6.74. The zero-order chi connectivity index (χ0) is 17.9. The topological polar surface area (TPSA) is 66.5 Å². The van der Waals surface area contributed by atoms with E-state index < -0.39 is 10.0 Å². The van der Waals surface area contributed by atoms with Crippen LogP contribution in [0.5, 0.6) is 0 Å². The van der Waals surface area contributed by atoms with Gasteiger partial charge in [0, 0.05) is 26.2 Å². The molecule has 1 N–H and O–H groups in total. The van der Waals surface area contributed by atoms with E-state index in [0.29, 0.717) is 18.0 Å². The van der Waals surface area contributed by atoms with Gasteiger partial charge >= 0.3 is 0 Å². The number of carbonyl (C=O) groups excluding carboxylic acids is 1. The predicted molar refractivity (Wildman–Crippen MR) is 96.6 cm³/mol. The fraction of sp³-hybridized carbons (Fsp3) is 0.611. The number of aryl methyl sites for hydroxylation is 1. The van der Waals surface area contributed by atoms with Crippen molar-refractivity contribution in [1.82, 2.24) is 4.31 Å². The average Bonchev–Trinajstić information content (AvgIpc) is 3.02. The quantitative estimate of drug-likeness (QED) is 0.852. The van der Waals surface area contributed by atoms with Crippen molar-refractivity contribution in [3.63, 3.8) is 0 Å². The van der Waals surface area contributed by atoms with Gasteiger partial charge in [0.2, 0.25) is 15.9 Å². The van der Waals surface area contributed by atoms with E-state index in [1.54, 1.807) is 12.1 Å². The Bertz CT molecular complexity index is 705. The first kappa shape index (κ1) is 18.9. The summed E-state index contributed by atoms with van der Waals surface area (Å²) in [6, 6.07) is 3.21. The summed E-state index contributed by atoms with van der Waals surface area (Å²) in [4.78, 5) is 12.5. The Kier molecular flexibility index (Phi) is 6.04. The van der Waals surface area contributed by atoms with Crippen molar-refractivity contribution >= 4 is 21.6 Å². The molecule has 5 nitrogen and oxygen atoms in total. The van der Waals surface area contributed by atoms with Crippen molar-refractivity contribution in [2.75, 3.05) is 19.4 Å².